The lowest BCUT2D eigenvalue weighted by Crippen LogP contribution is -2.33. The molecule has 0 saturated heterocycles. The van der Waals surface area contributed by atoms with E-state index < -0.39 is 17.9 Å². The highest BCUT2D eigenvalue weighted by Gasteiger charge is 2.40. The Morgan fingerprint density at radius 2 is 1.56 bits per heavy atom. The standard InChI is InChI=1S/C26H27NO5/c1-6-15-32-20-14-13-18-11-9-10-12-19(18)23(20)24-21(25(28)30-7-2)16(4)27-17(5)22(24)26(29)31-8-3/h1,9-14,24,27H,7-8,15H2,2-5H3. The molecule has 2 aromatic carbocycles. The first kappa shape index (κ1) is 23.0. The number of ether oxygens (including phenoxy) is 3. The third-order valence-electron chi connectivity index (χ3n) is 5.28. The molecule has 0 saturated carbocycles. The van der Waals surface area contributed by atoms with Crippen LogP contribution in [0.5, 0.6) is 5.75 Å². The Labute approximate surface area is 188 Å². The van der Waals surface area contributed by atoms with Crippen molar-refractivity contribution < 1.29 is 23.8 Å². The van der Waals surface area contributed by atoms with Gasteiger partial charge in [0.1, 0.15) is 12.4 Å². The molecule has 2 aromatic rings. The maximum atomic E-state index is 13.1. The molecule has 0 amide bonds. The molecular formula is C26H27NO5. The number of rotatable bonds is 7. The summed E-state index contributed by atoms with van der Waals surface area (Å²) in [4.78, 5) is 26.2. The molecular weight excluding hydrogens is 406 g/mol. The average molecular weight is 434 g/mol. The number of carbonyl (C=O) groups excluding carboxylic acids is 2. The van der Waals surface area contributed by atoms with E-state index in [1.54, 1.807) is 27.7 Å². The van der Waals surface area contributed by atoms with Gasteiger partial charge in [0, 0.05) is 17.0 Å². The smallest absolute Gasteiger partial charge is 0.336 e. The average Bonchev–Trinajstić information content (AvgIpc) is 2.76. The minimum atomic E-state index is -0.756. The predicted octanol–water partition coefficient (Wildman–Crippen LogP) is 4.21. The maximum absolute atomic E-state index is 13.1. The van der Waals surface area contributed by atoms with Crippen LogP contribution >= 0.6 is 0 Å². The van der Waals surface area contributed by atoms with Crippen LogP contribution in [0.3, 0.4) is 0 Å². The summed E-state index contributed by atoms with van der Waals surface area (Å²) >= 11 is 0. The number of carbonyl (C=O) groups is 2. The van der Waals surface area contributed by atoms with E-state index in [9.17, 15) is 9.59 Å². The third-order valence-corrected chi connectivity index (χ3v) is 5.28. The molecule has 0 unspecified atom stereocenters. The van der Waals surface area contributed by atoms with Crippen LogP contribution < -0.4 is 10.1 Å². The second-order valence-electron chi connectivity index (χ2n) is 7.27. The zero-order chi connectivity index (χ0) is 23.3. The quantitative estimate of drug-likeness (QED) is 0.521. The van der Waals surface area contributed by atoms with Crippen LogP contribution in [0.1, 0.15) is 39.2 Å². The number of benzene rings is 2. The molecule has 0 atom stereocenters. The third kappa shape index (κ3) is 4.33. The zero-order valence-electron chi connectivity index (χ0n) is 18.8. The fraction of sp³-hybridized carbons (Fsp3) is 0.308. The SMILES string of the molecule is C#CCOc1ccc2ccccc2c1C1C(C(=O)OCC)=C(C)NC(C)=C1C(=O)OCC. The predicted molar refractivity (Wildman–Crippen MR) is 123 cm³/mol. The maximum Gasteiger partial charge on any atom is 0.336 e. The Morgan fingerprint density at radius 3 is 2.12 bits per heavy atom. The number of esters is 2. The molecule has 166 valence electrons. The number of allylic oxidation sites excluding steroid dienone is 2. The van der Waals surface area contributed by atoms with Gasteiger partial charge in [0.2, 0.25) is 0 Å². The molecule has 0 bridgehead atoms. The molecule has 1 N–H and O–H groups in total. The summed E-state index contributed by atoms with van der Waals surface area (Å²) in [5.41, 5.74) is 2.55. The van der Waals surface area contributed by atoms with E-state index in [0.29, 0.717) is 33.9 Å². The molecule has 0 fully saturated rings. The summed E-state index contributed by atoms with van der Waals surface area (Å²) in [6.07, 6.45) is 5.44. The highest BCUT2D eigenvalue weighted by atomic mass is 16.5. The van der Waals surface area contributed by atoms with E-state index in [0.717, 1.165) is 10.8 Å². The zero-order valence-corrected chi connectivity index (χ0v) is 18.8. The minimum absolute atomic E-state index is 0.0468. The van der Waals surface area contributed by atoms with Gasteiger partial charge >= 0.3 is 11.9 Å². The van der Waals surface area contributed by atoms with Crippen LogP contribution in [0, 0.1) is 12.3 Å². The summed E-state index contributed by atoms with van der Waals surface area (Å²) in [6, 6.07) is 11.5. The van der Waals surface area contributed by atoms with Crippen LogP contribution in [0.15, 0.2) is 58.9 Å². The monoisotopic (exact) mass is 433 g/mol. The number of dihydropyridines is 1. The second-order valence-corrected chi connectivity index (χ2v) is 7.27. The topological polar surface area (TPSA) is 73.9 Å². The fourth-order valence-electron chi connectivity index (χ4n) is 4.06. The van der Waals surface area contributed by atoms with Crippen molar-refractivity contribution >= 4 is 22.7 Å². The fourth-order valence-corrected chi connectivity index (χ4v) is 4.06. The van der Waals surface area contributed by atoms with E-state index in [2.05, 4.69) is 11.2 Å². The highest BCUT2D eigenvalue weighted by Crippen LogP contribution is 2.45. The molecule has 1 aliphatic heterocycles. The Hall–Kier alpha value is -3.72. The van der Waals surface area contributed by atoms with Crippen molar-refractivity contribution in [2.75, 3.05) is 19.8 Å². The van der Waals surface area contributed by atoms with Gasteiger partial charge < -0.3 is 19.5 Å². The van der Waals surface area contributed by atoms with E-state index in [1.165, 1.54) is 0 Å². The van der Waals surface area contributed by atoms with Gasteiger partial charge in [-0.25, -0.2) is 9.59 Å². The molecule has 3 rings (SSSR count). The van der Waals surface area contributed by atoms with E-state index in [4.69, 9.17) is 20.6 Å². The van der Waals surface area contributed by atoms with Crippen LogP contribution in [0.4, 0.5) is 0 Å². The molecule has 0 spiro atoms. The van der Waals surface area contributed by atoms with E-state index in [1.807, 2.05) is 36.4 Å². The Bertz CT molecular complexity index is 1110. The number of hydrogen-bond donors (Lipinski definition) is 1. The molecule has 0 aliphatic carbocycles. The number of terminal acetylenes is 1. The summed E-state index contributed by atoms with van der Waals surface area (Å²) in [7, 11) is 0. The van der Waals surface area contributed by atoms with Gasteiger partial charge in [-0.05, 0) is 44.5 Å². The van der Waals surface area contributed by atoms with E-state index >= 15 is 0 Å². The normalized spacial score (nSPS) is 14.1. The minimum Gasteiger partial charge on any atom is -0.481 e. The van der Waals surface area contributed by atoms with E-state index in [-0.39, 0.29) is 19.8 Å². The lowest BCUT2D eigenvalue weighted by molar-refractivity contribution is -0.139. The largest absolute Gasteiger partial charge is 0.481 e. The van der Waals surface area contributed by atoms with Crippen LogP contribution in [-0.2, 0) is 19.1 Å². The van der Waals surface area contributed by atoms with Crippen molar-refractivity contribution in [2.24, 2.45) is 0 Å². The van der Waals surface area contributed by atoms with Crippen molar-refractivity contribution in [2.45, 2.75) is 33.6 Å². The molecule has 0 radical (unpaired) electrons. The second kappa shape index (κ2) is 10.1. The number of fused-ring (bicyclic) bond motifs is 1. The van der Waals surface area contributed by atoms with Crippen LogP contribution in [0.25, 0.3) is 10.8 Å². The van der Waals surface area contributed by atoms with Gasteiger partial charge in [0.15, 0.2) is 0 Å². The lowest BCUT2D eigenvalue weighted by Gasteiger charge is -2.32. The van der Waals surface area contributed by atoms with Gasteiger partial charge in [0.25, 0.3) is 0 Å². The summed E-state index contributed by atoms with van der Waals surface area (Å²) in [6.45, 7) is 7.52. The molecule has 6 heteroatoms. The van der Waals surface area contributed by atoms with Crippen molar-refractivity contribution in [3.05, 3.63) is 64.5 Å². The molecule has 1 heterocycles. The summed E-state index contributed by atoms with van der Waals surface area (Å²) in [5, 5.41) is 4.94. The number of hydrogen-bond acceptors (Lipinski definition) is 6. The Kier molecular flexibility index (Phi) is 7.21. The van der Waals surface area contributed by atoms with Crippen LogP contribution in [0.2, 0.25) is 0 Å². The molecule has 0 aromatic heterocycles. The first-order valence-corrected chi connectivity index (χ1v) is 10.5. The summed E-state index contributed by atoms with van der Waals surface area (Å²) < 4.78 is 16.6. The van der Waals surface area contributed by atoms with Crippen molar-refractivity contribution in [3.63, 3.8) is 0 Å². The first-order valence-electron chi connectivity index (χ1n) is 10.5. The molecule has 32 heavy (non-hydrogen) atoms. The summed E-state index contributed by atoms with van der Waals surface area (Å²) in [5.74, 6) is 1.21. The first-order chi connectivity index (χ1) is 15.4. The molecule has 6 nitrogen and oxygen atoms in total. The number of nitrogens with one attached hydrogen (secondary N) is 1. The van der Waals surface area contributed by atoms with Gasteiger partial charge in [0.05, 0.1) is 30.3 Å². The van der Waals surface area contributed by atoms with Gasteiger partial charge in [-0.2, -0.15) is 0 Å². The Balaban J connectivity index is 2.37. The lowest BCUT2D eigenvalue weighted by atomic mass is 9.78. The van der Waals surface area contributed by atoms with Crippen molar-refractivity contribution in [1.82, 2.24) is 5.32 Å². The van der Waals surface area contributed by atoms with Gasteiger partial charge in [-0.1, -0.05) is 36.3 Å². The van der Waals surface area contributed by atoms with Crippen molar-refractivity contribution in [3.8, 4) is 18.1 Å². The highest BCUT2D eigenvalue weighted by molar-refractivity contribution is 6.02. The van der Waals surface area contributed by atoms with Crippen molar-refractivity contribution in [1.29, 1.82) is 0 Å². The van der Waals surface area contributed by atoms with Gasteiger partial charge in [-0.15, -0.1) is 6.42 Å². The van der Waals surface area contributed by atoms with Crippen LogP contribution in [-0.4, -0.2) is 31.8 Å². The van der Waals surface area contributed by atoms with Gasteiger partial charge in [-0.3, -0.25) is 0 Å². The Morgan fingerprint density at radius 1 is 0.969 bits per heavy atom. The molecule has 1 aliphatic rings.